The highest BCUT2D eigenvalue weighted by Crippen LogP contribution is 2.31. The summed E-state index contributed by atoms with van der Waals surface area (Å²) in [5.74, 6) is 1.10. The minimum absolute atomic E-state index is 0.0148. The van der Waals surface area contributed by atoms with Crippen molar-refractivity contribution in [1.29, 1.82) is 0 Å². The van der Waals surface area contributed by atoms with E-state index in [-0.39, 0.29) is 5.92 Å². The molecule has 2 aromatic rings. The molecule has 6 nitrogen and oxygen atoms in total. The van der Waals surface area contributed by atoms with Crippen molar-refractivity contribution in [2.24, 2.45) is 11.8 Å². The van der Waals surface area contributed by atoms with Gasteiger partial charge in [0.15, 0.2) is 0 Å². The third kappa shape index (κ3) is 4.16. The molecule has 26 heavy (non-hydrogen) atoms. The summed E-state index contributed by atoms with van der Waals surface area (Å²) in [5, 5.41) is 10.4. The SMILES string of the molecule is CC(C)Cc1ccc(S(=O)(=O)N2CCC([C@H](O)c3ncc[nH]3)CC2)cc1. The first-order valence-electron chi connectivity index (χ1n) is 9.14. The zero-order valence-corrected chi connectivity index (χ0v) is 16.1. The molecule has 2 N–H and O–H groups in total. The second-order valence-corrected chi connectivity index (χ2v) is 9.34. The molecule has 0 aliphatic carbocycles. The number of imidazole rings is 1. The number of nitrogens with zero attached hydrogens (tertiary/aromatic N) is 2. The lowest BCUT2D eigenvalue weighted by atomic mass is 9.92. The van der Waals surface area contributed by atoms with Gasteiger partial charge >= 0.3 is 0 Å². The summed E-state index contributed by atoms with van der Waals surface area (Å²) < 4.78 is 27.3. The van der Waals surface area contributed by atoms with Gasteiger partial charge in [-0.3, -0.25) is 0 Å². The summed E-state index contributed by atoms with van der Waals surface area (Å²) >= 11 is 0. The Balaban J connectivity index is 1.64. The normalized spacial score (nSPS) is 18.3. The summed E-state index contributed by atoms with van der Waals surface area (Å²) in [7, 11) is -3.48. The standard InChI is InChI=1S/C19H27N3O3S/c1-14(2)13-15-3-5-17(6-4-15)26(24,25)22-11-7-16(8-12-22)18(23)19-20-9-10-21-19/h3-6,9-10,14,16,18,23H,7-8,11-13H2,1-2H3,(H,20,21)/t18-/m0/s1. The van der Waals surface area contributed by atoms with E-state index >= 15 is 0 Å². The molecule has 1 saturated heterocycles. The number of H-pyrrole nitrogens is 1. The number of piperidine rings is 1. The Bertz CT molecular complexity index is 793. The van der Waals surface area contributed by atoms with Gasteiger partial charge in [0.25, 0.3) is 0 Å². The Morgan fingerprint density at radius 3 is 2.42 bits per heavy atom. The molecule has 3 rings (SSSR count). The van der Waals surface area contributed by atoms with Crippen LogP contribution in [0.4, 0.5) is 0 Å². The van der Waals surface area contributed by atoms with E-state index in [1.807, 2.05) is 12.1 Å². The van der Waals surface area contributed by atoms with Crippen LogP contribution in [0.2, 0.25) is 0 Å². The van der Waals surface area contributed by atoms with Gasteiger partial charge in [-0.25, -0.2) is 13.4 Å². The Hall–Kier alpha value is -1.70. The highest BCUT2D eigenvalue weighted by atomic mass is 32.2. The van der Waals surface area contributed by atoms with Crippen molar-refractivity contribution in [3.05, 3.63) is 48.0 Å². The van der Waals surface area contributed by atoms with Crippen LogP contribution in [0.25, 0.3) is 0 Å². The van der Waals surface area contributed by atoms with E-state index in [9.17, 15) is 13.5 Å². The highest BCUT2D eigenvalue weighted by molar-refractivity contribution is 7.89. The summed E-state index contributed by atoms with van der Waals surface area (Å²) in [5.41, 5.74) is 1.15. The first kappa shape index (κ1) is 19.1. The molecular weight excluding hydrogens is 350 g/mol. The van der Waals surface area contributed by atoms with Crippen molar-refractivity contribution < 1.29 is 13.5 Å². The first-order valence-corrected chi connectivity index (χ1v) is 10.6. The van der Waals surface area contributed by atoms with Crippen molar-refractivity contribution in [3.63, 3.8) is 0 Å². The van der Waals surface area contributed by atoms with Crippen LogP contribution in [0.1, 0.15) is 44.2 Å². The number of sulfonamides is 1. The van der Waals surface area contributed by atoms with Gasteiger partial charge in [0.1, 0.15) is 11.9 Å². The molecule has 0 spiro atoms. The van der Waals surface area contributed by atoms with Gasteiger partial charge in [-0.05, 0) is 48.8 Å². The van der Waals surface area contributed by atoms with Gasteiger partial charge in [-0.1, -0.05) is 26.0 Å². The number of aliphatic hydroxyl groups is 1. The largest absolute Gasteiger partial charge is 0.385 e. The van der Waals surface area contributed by atoms with Crippen LogP contribution in [0.3, 0.4) is 0 Å². The van der Waals surface area contributed by atoms with Gasteiger partial charge in [-0.15, -0.1) is 0 Å². The van der Waals surface area contributed by atoms with Gasteiger partial charge < -0.3 is 10.1 Å². The lowest BCUT2D eigenvalue weighted by Crippen LogP contribution is -2.39. The Morgan fingerprint density at radius 1 is 1.23 bits per heavy atom. The molecule has 1 aromatic carbocycles. The molecule has 1 fully saturated rings. The molecule has 0 saturated carbocycles. The van der Waals surface area contributed by atoms with Gasteiger partial charge in [0.05, 0.1) is 4.90 Å². The average molecular weight is 378 g/mol. The molecule has 1 aliphatic rings. The van der Waals surface area contributed by atoms with Crippen LogP contribution in [0, 0.1) is 11.8 Å². The number of benzene rings is 1. The fourth-order valence-electron chi connectivity index (χ4n) is 3.51. The predicted octanol–water partition coefficient (Wildman–Crippen LogP) is 2.74. The van der Waals surface area contributed by atoms with E-state index in [1.165, 1.54) is 4.31 Å². The molecule has 142 valence electrons. The van der Waals surface area contributed by atoms with Crippen LogP contribution < -0.4 is 0 Å². The van der Waals surface area contributed by atoms with E-state index in [2.05, 4.69) is 23.8 Å². The summed E-state index contributed by atoms with van der Waals surface area (Å²) in [6.07, 6.45) is 4.79. The quantitative estimate of drug-likeness (QED) is 0.810. The summed E-state index contributed by atoms with van der Waals surface area (Å²) in [6, 6.07) is 7.22. The lowest BCUT2D eigenvalue weighted by molar-refractivity contribution is 0.0696. The zero-order valence-electron chi connectivity index (χ0n) is 15.3. The minimum atomic E-state index is -3.48. The number of rotatable bonds is 6. The molecule has 1 aliphatic heterocycles. The zero-order chi connectivity index (χ0) is 18.7. The minimum Gasteiger partial charge on any atom is -0.385 e. The maximum atomic E-state index is 12.9. The van der Waals surface area contributed by atoms with Gasteiger partial charge in [0, 0.05) is 25.5 Å². The molecule has 0 bridgehead atoms. The molecule has 2 heterocycles. The number of aromatic nitrogens is 2. The van der Waals surface area contributed by atoms with Crippen molar-refractivity contribution >= 4 is 10.0 Å². The van der Waals surface area contributed by atoms with E-state index in [0.717, 1.165) is 12.0 Å². The molecule has 0 unspecified atom stereocenters. The topological polar surface area (TPSA) is 86.3 Å². The lowest BCUT2D eigenvalue weighted by Gasteiger charge is -2.33. The third-order valence-electron chi connectivity index (χ3n) is 4.95. The second-order valence-electron chi connectivity index (χ2n) is 7.40. The van der Waals surface area contributed by atoms with E-state index in [4.69, 9.17) is 0 Å². The molecule has 1 aromatic heterocycles. The summed E-state index contributed by atoms with van der Waals surface area (Å²) in [6.45, 7) is 5.12. The van der Waals surface area contributed by atoms with Gasteiger partial charge in [-0.2, -0.15) is 4.31 Å². The molecule has 7 heteroatoms. The molecule has 1 atom stereocenters. The third-order valence-corrected chi connectivity index (χ3v) is 6.86. The number of hydrogen-bond acceptors (Lipinski definition) is 4. The first-order chi connectivity index (χ1) is 12.4. The number of nitrogens with one attached hydrogen (secondary N) is 1. The van der Waals surface area contributed by atoms with Crippen LogP contribution in [0.5, 0.6) is 0 Å². The van der Waals surface area contributed by atoms with E-state index in [1.54, 1.807) is 24.5 Å². The fourth-order valence-corrected chi connectivity index (χ4v) is 4.98. The van der Waals surface area contributed by atoms with Crippen LogP contribution >= 0.6 is 0 Å². The average Bonchev–Trinajstić information content (AvgIpc) is 3.16. The number of hydrogen-bond donors (Lipinski definition) is 2. The van der Waals surface area contributed by atoms with Crippen molar-refractivity contribution in [3.8, 4) is 0 Å². The van der Waals surface area contributed by atoms with Crippen molar-refractivity contribution in [2.75, 3.05) is 13.1 Å². The second kappa shape index (κ2) is 7.90. The molecule has 0 radical (unpaired) electrons. The smallest absolute Gasteiger partial charge is 0.243 e. The maximum absolute atomic E-state index is 12.9. The highest BCUT2D eigenvalue weighted by Gasteiger charge is 2.33. The Morgan fingerprint density at radius 2 is 1.88 bits per heavy atom. The number of aromatic amines is 1. The molecule has 0 amide bonds. The Kier molecular flexibility index (Phi) is 5.79. The predicted molar refractivity (Wildman–Crippen MR) is 100 cm³/mol. The van der Waals surface area contributed by atoms with E-state index < -0.39 is 16.1 Å². The van der Waals surface area contributed by atoms with Crippen LogP contribution in [-0.4, -0.2) is 40.9 Å². The monoisotopic (exact) mass is 377 g/mol. The summed E-state index contributed by atoms with van der Waals surface area (Å²) in [4.78, 5) is 7.37. The van der Waals surface area contributed by atoms with E-state index in [0.29, 0.717) is 42.6 Å². The number of aliphatic hydroxyl groups excluding tert-OH is 1. The van der Waals surface area contributed by atoms with Crippen LogP contribution in [-0.2, 0) is 16.4 Å². The maximum Gasteiger partial charge on any atom is 0.243 e. The molecular formula is C19H27N3O3S. The Labute approximate surface area is 155 Å². The fraction of sp³-hybridized carbons (Fsp3) is 0.526. The van der Waals surface area contributed by atoms with Gasteiger partial charge in [0.2, 0.25) is 10.0 Å². The van der Waals surface area contributed by atoms with Crippen molar-refractivity contribution in [2.45, 2.75) is 44.1 Å². The van der Waals surface area contributed by atoms with Crippen LogP contribution in [0.15, 0.2) is 41.6 Å². The van der Waals surface area contributed by atoms with Crippen molar-refractivity contribution in [1.82, 2.24) is 14.3 Å².